The maximum atomic E-state index is 14.5. The molecule has 1 saturated heterocycles. The number of rotatable bonds is 14. The van der Waals surface area contributed by atoms with E-state index in [0.717, 1.165) is 16.7 Å². The Labute approximate surface area is 349 Å². The minimum atomic E-state index is -0.593. The van der Waals surface area contributed by atoms with E-state index in [2.05, 4.69) is 0 Å². The Hall–Kier alpha value is -5.60. The number of carbonyl (C=O) groups excluding carboxylic acids is 6. The fraction of sp³-hybridized carbons (Fsp3) is 0.467. The van der Waals surface area contributed by atoms with E-state index >= 15 is 0 Å². The van der Waals surface area contributed by atoms with Crippen LogP contribution in [0.25, 0.3) is 0 Å². The fourth-order valence-corrected chi connectivity index (χ4v) is 7.27. The Morgan fingerprint density at radius 1 is 0.424 bits per heavy atom. The summed E-state index contributed by atoms with van der Waals surface area (Å²) >= 11 is 0. The summed E-state index contributed by atoms with van der Waals surface area (Å²) in [6.45, 7) is 6.11. The Morgan fingerprint density at radius 2 is 0.695 bits per heavy atom. The summed E-state index contributed by atoms with van der Waals surface area (Å²) < 4.78 is 0. The van der Waals surface area contributed by atoms with Gasteiger partial charge in [0.1, 0.15) is 19.6 Å². The largest absolute Gasteiger partial charge is 0.332 e. The molecular weight excluding hydrogens is 749 g/mol. The second kappa shape index (κ2) is 23.1. The maximum absolute atomic E-state index is 14.5. The van der Waals surface area contributed by atoms with Crippen molar-refractivity contribution in [3.05, 3.63) is 108 Å². The van der Waals surface area contributed by atoms with Crippen molar-refractivity contribution in [2.24, 2.45) is 11.5 Å². The highest BCUT2D eigenvalue weighted by molar-refractivity contribution is 5.94. The summed E-state index contributed by atoms with van der Waals surface area (Å²) in [6.07, 6.45) is 1.31. The summed E-state index contributed by atoms with van der Waals surface area (Å²) in [5.74, 6) is -2.84. The van der Waals surface area contributed by atoms with E-state index in [1.165, 1.54) is 29.4 Å². The predicted octanol–water partition coefficient (Wildman–Crippen LogP) is 3.36. The summed E-state index contributed by atoms with van der Waals surface area (Å²) in [4.78, 5) is 95.2. The maximum Gasteiger partial charge on any atom is 0.243 e. The van der Waals surface area contributed by atoms with Gasteiger partial charge in [0.05, 0.1) is 37.8 Å². The van der Waals surface area contributed by atoms with Gasteiger partial charge in [0.25, 0.3) is 0 Å². The Morgan fingerprint density at radius 3 is 0.949 bits per heavy atom. The first-order valence-electron chi connectivity index (χ1n) is 20.7. The third kappa shape index (κ3) is 12.9. The molecule has 3 atom stereocenters. The highest BCUT2D eigenvalue weighted by Crippen LogP contribution is 2.25. The van der Waals surface area contributed by atoms with E-state index in [9.17, 15) is 28.8 Å². The smallest absolute Gasteiger partial charge is 0.243 e. The van der Waals surface area contributed by atoms with Crippen molar-refractivity contribution in [2.75, 3.05) is 72.0 Å². The summed E-state index contributed by atoms with van der Waals surface area (Å²) in [6, 6.07) is 26.1. The molecule has 3 aromatic rings. The zero-order valence-corrected chi connectivity index (χ0v) is 35.1. The Kier molecular flexibility index (Phi) is 18.1. The molecule has 1 aliphatic heterocycles. The van der Waals surface area contributed by atoms with Crippen LogP contribution < -0.4 is 11.5 Å². The molecule has 1 aliphatic rings. The summed E-state index contributed by atoms with van der Waals surface area (Å²) in [5, 5.41) is 0. The molecule has 0 bridgehead atoms. The van der Waals surface area contributed by atoms with E-state index in [1.807, 2.05) is 119 Å². The number of benzene rings is 3. The van der Waals surface area contributed by atoms with Gasteiger partial charge in [-0.05, 0) is 69.8 Å². The lowest BCUT2D eigenvalue weighted by Gasteiger charge is -2.37. The topological polar surface area (TPSA) is 174 Å². The van der Waals surface area contributed by atoms with Crippen LogP contribution in [0, 0.1) is 0 Å². The van der Waals surface area contributed by atoms with Crippen LogP contribution >= 0.6 is 0 Å². The average Bonchev–Trinajstić information content (AvgIpc) is 3.25. The molecule has 3 aromatic carbocycles. The number of nitrogens with zero attached hydrogens (tertiary/aromatic N) is 6. The van der Waals surface area contributed by atoms with Crippen LogP contribution in [0.3, 0.4) is 0 Å². The van der Waals surface area contributed by atoms with Crippen molar-refractivity contribution in [2.45, 2.75) is 65.1 Å². The minimum Gasteiger partial charge on any atom is -0.332 e. The summed E-state index contributed by atoms with van der Waals surface area (Å²) in [7, 11) is 0. The molecule has 0 aliphatic carbocycles. The molecule has 0 unspecified atom stereocenters. The average molecular weight is 811 g/mol. The molecular formula is C45H62N8O6. The SMILES string of the molecule is CCCN1CC(=O)N([C@@H](C)c2ccccc2)CC(=O)N(CCCN)CC(=O)N([C@@H](C)c2ccccc2)CC(=O)N(CCCN)CC(=O)N([C@@H](C)c2ccccc2)CC1=O. The van der Waals surface area contributed by atoms with Crippen LogP contribution in [-0.4, -0.2) is 137 Å². The van der Waals surface area contributed by atoms with Crippen molar-refractivity contribution < 1.29 is 28.8 Å². The Bertz CT molecular complexity index is 1780. The lowest BCUT2D eigenvalue weighted by Crippen LogP contribution is -2.54. The molecule has 6 amide bonds. The normalized spacial score (nSPS) is 17.6. The zero-order chi connectivity index (χ0) is 42.9. The summed E-state index contributed by atoms with van der Waals surface area (Å²) in [5.41, 5.74) is 14.1. The van der Waals surface area contributed by atoms with Gasteiger partial charge in [0.15, 0.2) is 0 Å². The van der Waals surface area contributed by atoms with Crippen molar-refractivity contribution in [3.8, 4) is 0 Å². The first kappa shape index (κ1) is 46.1. The first-order chi connectivity index (χ1) is 28.4. The zero-order valence-electron chi connectivity index (χ0n) is 35.1. The second-order valence-electron chi connectivity index (χ2n) is 15.1. The molecule has 0 saturated carbocycles. The fourth-order valence-electron chi connectivity index (χ4n) is 7.27. The molecule has 4 N–H and O–H groups in total. The van der Waals surface area contributed by atoms with Gasteiger partial charge >= 0.3 is 0 Å². The van der Waals surface area contributed by atoms with E-state index < -0.39 is 60.1 Å². The number of hydrogen-bond acceptors (Lipinski definition) is 8. The van der Waals surface area contributed by atoms with Crippen LogP contribution in [0.1, 0.15) is 81.8 Å². The van der Waals surface area contributed by atoms with Gasteiger partial charge in [0, 0.05) is 19.6 Å². The van der Waals surface area contributed by atoms with Gasteiger partial charge in [-0.1, -0.05) is 97.9 Å². The highest BCUT2D eigenvalue weighted by atomic mass is 16.2. The predicted molar refractivity (Wildman–Crippen MR) is 227 cm³/mol. The van der Waals surface area contributed by atoms with Crippen LogP contribution in [-0.2, 0) is 28.8 Å². The van der Waals surface area contributed by atoms with Crippen molar-refractivity contribution in [1.82, 2.24) is 29.4 Å². The second-order valence-corrected chi connectivity index (χ2v) is 15.1. The van der Waals surface area contributed by atoms with Crippen LogP contribution in [0.5, 0.6) is 0 Å². The lowest BCUT2D eigenvalue weighted by molar-refractivity contribution is -0.152. The lowest BCUT2D eigenvalue weighted by atomic mass is 10.1. The van der Waals surface area contributed by atoms with Crippen molar-refractivity contribution in [3.63, 3.8) is 0 Å². The van der Waals surface area contributed by atoms with Gasteiger partial charge in [-0.15, -0.1) is 0 Å². The number of carbonyl (C=O) groups is 6. The molecule has 0 radical (unpaired) electrons. The van der Waals surface area contributed by atoms with Gasteiger partial charge < -0.3 is 40.9 Å². The van der Waals surface area contributed by atoms with Gasteiger partial charge in [-0.3, -0.25) is 28.8 Å². The molecule has 1 fully saturated rings. The molecule has 0 spiro atoms. The molecule has 14 nitrogen and oxygen atoms in total. The van der Waals surface area contributed by atoms with Crippen LogP contribution in [0.2, 0.25) is 0 Å². The van der Waals surface area contributed by atoms with Crippen molar-refractivity contribution >= 4 is 35.4 Å². The standard InChI is InChI=1S/C45H62N8O6/c1-5-25-48-28-43(57)52(35(3)38-19-11-7-12-20-38)32-41(55)50(27-16-24-47)30-45(59)53(36(4)39-21-13-8-14-22-39)33-42(56)49(26-15-23-46)29-44(58)51(31-40(48)54)34(2)37-17-9-6-10-18-37/h6-14,17-22,34-36H,5,15-16,23-33,46-47H2,1-4H3/t34-,35-,36-/m0/s1. The van der Waals surface area contributed by atoms with E-state index in [4.69, 9.17) is 11.5 Å². The van der Waals surface area contributed by atoms with Crippen LogP contribution in [0.15, 0.2) is 91.0 Å². The van der Waals surface area contributed by atoms with E-state index in [-0.39, 0.29) is 65.4 Å². The third-order valence-electron chi connectivity index (χ3n) is 10.9. The molecule has 14 heteroatoms. The highest BCUT2D eigenvalue weighted by Gasteiger charge is 2.35. The molecule has 4 rings (SSSR count). The monoisotopic (exact) mass is 810 g/mol. The number of hydrogen-bond donors (Lipinski definition) is 2. The molecule has 59 heavy (non-hydrogen) atoms. The minimum absolute atomic E-state index is 0.136. The number of amides is 6. The van der Waals surface area contributed by atoms with Gasteiger partial charge in [-0.2, -0.15) is 0 Å². The van der Waals surface area contributed by atoms with E-state index in [1.54, 1.807) is 0 Å². The number of nitrogens with two attached hydrogens (primary N) is 2. The van der Waals surface area contributed by atoms with Crippen molar-refractivity contribution in [1.29, 1.82) is 0 Å². The van der Waals surface area contributed by atoms with Crippen LogP contribution in [0.4, 0.5) is 0 Å². The molecule has 1 heterocycles. The van der Waals surface area contributed by atoms with Gasteiger partial charge in [0.2, 0.25) is 35.4 Å². The third-order valence-corrected chi connectivity index (χ3v) is 10.9. The van der Waals surface area contributed by atoms with Gasteiger partial charge in [-0.25, -0.2) is 0 Å². The Balaban J connectivity index is 1.86. The molecule has 0 aromatic heterocycles. The first-order valence-corrected chi connectivity index (χ1v) is 20.7. The molecule has 318 valence electrons. The quantitative estimate of drug-likeness (QED) is 0.250. The van der Waals surface area contributed by atoms with E-state index in [0.29, 0.717) is 19.3 Å².